The average molecular weight is 267 g/mol. The lowest BCUT2D eigenvalue weighted by molar-refractivity contribution is 0.144. The Bertz CT molecular complexity index is 257. The summed E-state index contributed by atoms with van der Waals surface area (Å²) in [5.41, 5.74) is 0.507. The van der Waals surface area contributed by atoms with Gasteiger partial charge in [-0.1, -0.05) is 20.8 Å². The lowest BCUT2D eigenvalue weighted by atomic mass is 9.70. The molecule has 1 aliphatic carbocycles. The highest BCUT2D eigenvalue weighted by molar-refractivity contribution is 4.83. The van der Waals surface area contributed by atoms with Gasteiger partial charge in [-0.25, -0.2) is 0 Å². The molecule has 2 fully saturated rings. The zero-order chi connectivity index (χ0) is 13.9. The molecule has 1 saturated heterocycles. The van der Waals surface area contributed by atoms with E-state index in [1.165, 1.54) is 38.6 Å². The van der Waals surface area contributed by atoms with Crippen molar-refractivity contribution in [3.8, 4) is 0 Å². The van der Waals surface area contributed by atoms with E-state index in [0.717, 1.165) is 31.0 Å². The summed E-state index contributed by atoms with van der Waals surface area (Å²) in [4.78, 5) is 0. The van der Waals surface area contributed by atoms with Crippen molar-refractivity contribution in [2.45, 2.75) is 65.8 Å². The standard InChI is InChI=1S/C17H33NO/c1-13(15-9-10-19-12-15)18-11-14-5-7-16(8-6-14)17(2,3)4/h13-16,18H,5-12H2,1-4H3. The fourth-order valence-electron chi connectivity index (χ4n) is 3.70. The first-order valence-corrected chi connectivity index (χ1v) is 8.28. The highest BCUT2D eigenvalue weighted by atomic mass is 16.5. The molecule has 2 nitrogen and oxygen atoms in total. The number of nitrogens with one attached hydrogen (secondary N) is 1. The van der Waals surface area contributed by atoms with Crippen molar-refractivity contribution in [1.82, 2.24) is 5.32 Å². The first-order chi connectivity index (χ1) is 8.97. The zero-order valence-electron chi connectivity index (χ0n) is 13.4. The summed E-state index contributed by atoms with van der Waals surface area (Å²) in [5, 5.41) is 3.77. The molecular weight excluding hydrogens is 234 g/mol. The molecule has 0 radical (unpaired) electrons. The Morgan fingerprint density at radius 3 is 2.32 bits per heavy atom. The molecule has 2 aliphatic rings. The number of rotatable bonds is 4. The van der Waals surface area contributed by atoms with Crippen molar-refractivity contribution >= 4 is 0 Å². The van der Waals surface area contributed by atoms with E-state index in [0.29, 0.717) is 11.5 Å². The predicted molar refractivity (Wildman–Crippen MR) is 81.3 cm³/mol. The molecular formula is C17H33NO. The molecule has 0 aromatic carbocycles. The maximum atomic E-state index is 5.48. The minimum atomic E-state index is 0.507. The monoisotopic (exact) mass is 267 g/mol. The summed E-state index contributed by atoms with van der Waals surface area (Å²) >= 11 is 0. The molecule has 0 spiro atoms. The van der Waals surface area contributed by atoms with Crippen LogP contribution in [0.3, 0.4) is 0 Å². The van der Waals surface area contributed by atoms with Gasteiger partial charge in [-0.3, -0.25) is 0 Å². The Morgan fingerprint density at radius 1 is 1.11 bits per heavy atom. The van der Waals surface area contributed by atoms with Gasteiger partial charge in [-0.2, -0.15) is 0 Å². The third-order valence-electron chi connectivity index (χ3n) is 5.47. The van der Waals surface area contributed by atoms with Crippen LogP contribution in [-0.2, 0) is 4.74 Å². The first kappa shape index (κ1) is 15.3. The summed E-state index contributed by atoms with van der Waals surface area (Å²) in [7, 11) is 0. The van der Waals surface area contributed by atoms with Gasteiger partial charge in [0.1, 0.15) is 0 Å². The van der Waals surface area contributed by atoms with Crippen LogP contribution in [0.15, 0.2) is 0 Å². The number of hydrogen-bond donors (Lipinski definition) is 1. The zero-order valence-corrected chi connectivity index (χ0v) is 13.4. The van der Waals surface area contributed by atoms with Crippen molar-refractivity contribution < 1.29 is 4.74 Å². The Balaban J connectivity index is 1.65. The smallest absolute Gasteiger partial charge is 0.0509 e. The van der Waals surface area contributed by atoms with Gasteiger partial charge in [0.15, 0.2) is 0 Å². The van der Waals surface area contributed by atoms with Crippen LogP contribution in [-0.4, -0.2) is 25.8 Å². The second kappa shape index (κ2) is 6.58. The van der Waals surface area contributed by atoms with E-state index in [2.05, 4.69) is 33.0 Å². The lowest BCUT2D eigenvalue weighted by Gasteiger charge is -2.37. The molecule has 112 valence electrons. The molecule has 2 unspecified atom stereocenters. The maximum Gasteiger partial charge on any atom is 0.0509 e. The van der Waals surface area contributed by atoms with Crippen LogP contribution in [0.4, 0.5) is 0 Å². The first-order valence-electron chi connectivity index (χ1n) is 8.28. The highest BCUT2D eigenvalue weighted by Gasteiger charge is 2.30. The van der Waals surface area contributed by atoms with E-state index in [1.807, 2.05) is 0 Å². The van der Waals surface area contributed by atoms with E-state index in [4.69, 9.17) is 4.74 Å². The fourth-order valence-corrected chi connectivity index (χ4v) is 3.70. The summed E-state index contributed by atoms with van der Waals surface area (Å²) in [6, 6.07) is 0.628. The van der Waals surface area contributed by atoms with E-state index in [-0.39, 0.29) is 0 Å². The van der Waals surface area contributed by atoms with Gasteiger partial charge in [-0.05, 0) is 68.7 Å². The third kappa shape index (κ3) is 4.46. The Kier molecular flexibility index (Phi) is 5.30. The van der Waals surface area contributed by atoms with Gasteiger partial charge in [0.2, 0.25) is 0 Å². The Morgan fingerprint density at radius 2 is 1.79 bits per heavy atom. The average Bonchev–Trinajstić information content (AvgIpc) is 2.89. The molecule has 2 atom stereocenters. The molecule has 0 bridgehead atoms. The van der Waals surface area contributed by atoms with Crippen molar-refractivity contribution in [3.05, 3.63) is 0 Å². The number of hydrogen-bond acceptors (Lipinski definition) is 2. The minimum absolute atomic E-state index is 0.507. The van der Waals surface area contributed by atoms with Gasteiger partial charge in [-0.15, -0.1) is 0 Å². The fraction of sp³-hybridized carbons (Fsp3) is 1.00. The SMILES string of the molecule is CC(NCC1CCC(C(C)(C)C)CC1)C1CCOC1. The van der Waals surface area contributed by atoms with Gasteiger partial charge >= 0.3 is 0 Å². The molecule has 2 heteroatoms. The second-order valence-electron chi connectivity index (χ2n) is 7.90. The van der Waals surface area contributed by atoms with Crippen molar-refractivity contribution in [2.75, 3.05) is 19.8 Å². The van der Waals surface area contributed by atoms with Crippen molar-refractivity contribution in [3.63, 3.8) is 0 Å². The summed E-state index contributed by atoms with van der Waals surface area (Å²) < 4.78 is 5.48. The molecule has 0 amide bonds. The van der Waals surface area contributed by atoms with Crippen molar-refractivity contribution in [2.24, 2.45) is 23.2 Å². The molecule has 0 aromatic heterocycles. The second-order valence-corrected chi connectivity index (χ2v) is 7.90. The molecule has 0 aromatic rings. The van der Waals surface area contributed by atoms with Crippen LogP contribution in [0.5, 0.6) is 0 Å². The van der Waals surface area contributed by atoms with Crippen LogP contribution in [0.2, 0.25) is 0 Å². The molecule has 19 heavy (non-hydrogen) atoms. The molecule has 1 saturated carbocycles. The van der Waals surface area contributed by atoms with E-state index in [1.54, 1.807) is 0 Å². The molecule has 1 heterocycles. The Hall–Kier alpha value is -0.0800. The van der Waals surface area contributed by atoms with Crippen LogP contribution < -0.4 is 5.32 Å². The van der Waals surface area contributed by atoms with Gasteiger partial charge in [0, 0.05) is 12.6 Å². The molecule has 1 aliphatic heterocycles. The van der Waals surface area contributed by atoms with E-state index >= 15 is 0 Å². The van der Waals surface area contributed by atoms with Crippen LogP contribution in [0, 0.1) is 23.2 Å². The molecule has 2 rings (SSSR count). The topological polar surface area (TPSA) is 21.3 Å². The Labute approximate surface area is 119 Å². The van der Waals surface area contributed by atoms with Gasteiger partial charge in [0.25, 0.3) is 0 Å². The number of ether oxygens (including phenoxy) is 1. The quantitative estimate of drug-likeness (QED) is 0.835. The highest BCUT2D eigenvalue weighted by Crippen LogP contribution is 2.39. The molecule has 1 N–H and O–H groups in total. The van der Waals surface area contributed by atoms with Gasteiger partial charge in [0.05, 0.1) is 6.61 Å². The largest absolute Gasteiger partial charge is 0.381 e. The van der Waals surface area contributed by atoms with E-state index in [9.17, 15) is 0 Å². The minimum Gasteiger partial charge on any atom is -0.381 e. The van der Waals surface area contributed by atoms with Crippen LogP contribution in [0.1, 0.15) is 59.8 Å². The normalized spacial score (nSPS) is 34.4. The lowest BCUT2D eigenvalue weighted by Crippen LogP contribution is -2.38. The summed E-state index contributed by atoms with van der Waals surface area (Å²) in [6.45, 7) is 12.7. The predicted octanol–water partition coefficient (Wildman–Crippen LogP) is 3.85. The third-order valence-corrected chi connectivity index (χ3v) is 5.47. The summed E-state index contributed by atoms with van der Waals surface area (Å²) in [6.07, 6.45) is 6.93. The van der Waals surface area contributed by atoms with Crippen LogP contribution in [0.25, 0.3) is 0 Å². The maximum absolute atomic E-state index is 5.48. The van der Waals surface area contributed by atoms with Crippen LogP contribution >= 0.6 is 0 Å². The van der Waals surface area contributed by atoms with Crippen molar-refractivity contribution in [1.29, 1.82) is 0 Å². The van der Waals surface area contributed by atoms with E-state index < -0.39 is 0 Å². The van der Waals surface area contributed by atoms with Gasteiger partial charge < -0.3 is 10.1 Å². The summed E-state index contributed by atoms with van der Waals surface area (Å²) in [5.74, 6) is 2.58.